The molecule has 0 bridgehead atoms. The highest BCUT2D eigenvalue weighted by Gasteiger charge is 2.25. The van der Waals surface area contributed by atoms with Crippen LogP contribution in [0.4, 0.5) is 4.79 Å². The molecule has 0 fully saturated rings. The van der Waals surface area contributed by atoms with Crippen molar-refractivity contribution in [2.45, 2.75) is 33.8 Å². The number of aromatic nitrogens is 1. The van der Waals surface area contributed by atoms with Crippen molar-refractivity contribution in [3.63, 3.8) is 0 Å². The number of nitrogens with one attached hydrogen (secondary N) is 2. The van der Waals surface area contributed by atoms with Gasteiger partial charge in [0, 0.05) is 11.3 Å². The van der Waals surface area contributed by atoms with Gasteiger partial charge in [0.05, 0.1) is 7.11 Å². The van der Waals surface area contributed by atoms with E-state index in [1.165, 1.54) is 13.8 Å². The quantitative estimate of drug-likeness (QED) is 0.639. The van der Waals surface area contributed by atoms with Gasteiger partial charge >= 0.3 is 12.1 Å². The molecule has 0 saturated carbocycles. The van der Waals surface area contributed by atoms with Crippen LogP contribution in [0, 0.1) is 13.8 Å². The Morgan fingerprint density at radius 1 is 1.18 bits per heavy atom. The fourth-order valence-electron chi connectivity index (χ4n) is 2.01. The number of Topliss-reactive ketones (excluding diaryl/α,β-unsaturated/α-hetero) is 1. The molecule has 2 amide bonds. The van der Waals surface area contributed by atoms with Gasteiger partial charge in [-0.25, -0.2) is 9.59 Å². The molecule has 8 nitrogen and oxygen atoms in total. The molecule has 1 heterocycles. The van der Waals surface area contributed by atoms with Crippen molar-refractivity contribution in [2.75, 3.05) is 7.11 Å². The van der Waals surface area contributed by atoms with Crippen LogP contribution in [0.15, 0.2) is 0 Å². The summed E-state index contributed by atoms with van der Waals surface area (Å²) in [5.74, 6) is -1.78. The Kier molecular flexibility index (Phi) is 5.44. The number of carbonyl (C=O) groups is 4. The first-order valence-corrected chi connectivity index (χ1v) is 6.48. The predicted molar refractivity (Wildman–Crippen MR) is 75.7 cm³/mol. The zero-order valence-electron chi connectivity index (χ0n) is 13.0. The summed E-state index contributed by atoms with van der Waals surface area (Å²) in [5.41, 5.74) is 1.51. The highest BCUT2D eigenvalue weighted by atomic mass is 16.6. The lowest BCUT2D eigenvalue weighted by Crippen LogP contribution is -2.39. The Morgan fingerprint density at radius 3 is 2.23 bits per heavy atom. The first-order valence-electron chi connectivity index (χ1n) is 6.48. The summed E-state index contributed by atoms with van der Waals surface area (Å²) in [7, 11) is 1.10. The van der Waals surface area contributed by atoms with Gasteiger partial charge in [-0.15, -0.1) is 0 Å². The normalized spacial score (nSPS) is 11.5. The summed E-state index contributed by atoms with van der Waals surface area (Å²) in [6, 6.07) is 0. The van der Waals surface area contributed by atoms with Crippen molar-refractivity contribution in [2.24, 2.45) is 0 Å². The molecule has 120 valence electrons. The summed E-state index contributed by atoms with van der Waals surface area (Å²) < 4.78 is 9.24. The van der Waals surface area contributed by atoms with Crippen molar-refractivity contribution in [3.8, 4) is 0 Å². The molecule has 2 N–H and O–H groups in total. The number of hydrogen-bond donors (Lipinski definition) is 2. The summed E-state index contributed by atoms with van der Waals surface area (Å²) >= 11 is 0. The summed E-state index contributed by atoms with van der Waals surface area (Å²) in [4.78, 5) is 48.9. The maximum Gasteiger partial charge on any atom is 0.413 e. The number of H-pyrrole nitrogens is 1. The van der Waals surface area contributed by atoms with Gasteiger partial charge in [-0.05, 0) is 33.3 Å². The largest absolute Gasteiger partial charge is 0.453 e. The lowest BCUT2D eigenvalue weighted by atomic mass is 10.1. The smallest absolute Gasteiger partial charge is 0.413 e. The molecule has 1 aromatic rings. The number of hydrogen-bond acceptors (Lipinski definition) is 6. The number of amides is 2. The number of imide groups is 1. The average Bonchev–Trinajstić information content (AvgIpc) is 2.73. The minimum Gasteiger partial charge on any atom is -0.453 e. The van der Waals surface area contributed by atoms with Crippen LogP contribution >= 0.6 is 0 Å². The molecular weight excluding hydrogens is 292 g/mol. The Labute approximate surface area is 127 Å². The number of aryl methyl sites for hydroxylation is 1. The number of carbonyl (C=O) groups excluding carboxylic acids is 4. The third kappa shape index (κ3) is 3.72. The van der Waals surface area contributed by atoms with Gasteiger partial charge in [0.25, 0.3) is 5.91 Å². The number of methoxy groups -OCH3 is 1. The molecule has 0 aromatic carbocycles. The first kappa shape index (κ1) is 17.4. The van der Waals surface area contributed by atoms with Crippen LogP contribution in [-0.2, 0) is 14.3 Å². The third-order valence-electron chi connectivity index (χ3n) is 3.06. The standard InChI is InChI=1S/C14H18N2O6/c1-6-10(8(3)17)7(2)15-11(6)13(19)22-9(4)12(18)16-14(20)21-5/h9,15H,1-5H3,(H,16,18,20)/t9-/m1/s1. The van der Waals surface area contributed by atoms with Gasteiger partial charge in [-0.2, -0.15) is 0 Å². The molecule has 1 rings (SSSR count). The van der Waals surface area contributed by atoms with Gasteiger partial charge in [0.2, 0.25) is 0 Å². The van der Waals surface area contributed by atoms with E-state index in [1.807, 2.05) is 5.32 Å². The molecule has 1 aromatic heterocycles. The summed E-state index contributed by atoms with van der Waals surface area (Å²) in [6.45, 7) is 5.97. The van der Waals surface area contributed by atoms with Gasteiger partial charge in [-0.1, -0.05) is 0 Å². The highest BCUT2D eigenvalue weighted by Crippen LogP contribution is 2.19. The van der Waals surface area contributed by atoms with Crippen LogP contribution in [0.3, 0.4) is 0 Å². The fourth-order valence-corrected chi connectivity index (χ4v) is 2.01. The number of ketones is 1. The molecule has 0 radical (unpaired) electrons. The minimum atomic E-state index is -1.20. The van der Waals surface area contributed by atoms with Crippen molar-refractivity contribution >= 4 is 23.8 Å². The van der Waals surface area contributed by atoms with E-state index >= 15 is 0 Å². The van der Waals surface area contributed by atoms with Crippen LogP contribution in [-0.4, -0.2) is 42.0 Å². The van der Waals surface area contributed by atoms with Gasteiger partial charge in [0.15, 0.2) is 11.9 Å². The van der Waals surface area contributed by atoms with Crippen molar-refractivity contribution in [1.82, 2.24) is 10.3 Å². The Hall–Kier alpha value is -2.64. The second-order valence-electron chi connectivity index (χ2n) is 4.71. The topological polar surface area (TPSA) is 115 Å². The van der Waals surface area contributed by atoms with Crippen molar-refractivity contribution in [3.05, 3.63) is 22.5 Å². The van der Waals surface area contributed by atoms with Gasteiger partial charge in [0.1, 0.15) is 5.69 Å². The SMILES string of the molecule is COC(=O)NC(=O)[C@@H](C)OC(=O)c1[nH]c(C)c(C(C)=O)c1C. The van der Waals surface area contributed by atoms with Crippen LogP contribution in [0.5, 0.6) is 0 Å². The number of esters is 1. The van der Waals surface area contributed by atoms with Crippen LogP contribution in [0.1, 0.15) is 46.0 Å². The monoisotopic (exact) mass is 310 g/mol. The average molecular weight is 310 g/mol. The molecule has 0 aliphatic rings. The molecule has 0 aliphatic heterocycles. The van der Waals surface area contributed by atoms with E-state index in [1.54, 1.807) is 13.8 Å². The Balaban J connectivity index is 2.86. The van der Waals surface area contributed by atoms with E-state index in [9.17, 15) is 19.2 Å². The van der Waals surface area contributed by atoms with Gasteiger partial charge in [-0.3, -0.25) is 14.9 Å². The Morgan fingerprint density at radius 2 is 1.77 bits per heavy atom. The molecular formula is C14H18N2O6. The zero-order chi connectivity index (χ0) is 17.0. The second-order valence-corrected chi connectivity index (χ2v) is 4.71. The van der Waals surface area contributed by atoms with Gasteiger partial charge < -0.3 is 14.5 Å². The van der Waals surface area contributed by atoms with Crippen molar-refractivity contribution < 1.29 is 28.7 Å². The number of alkyl carbamates (subject to hydrolysis) is 1. The first-order chi connectivity index (χ1) is 10.2. The molecule has 0 unspecified atom stereocenters. The highest BCUT2D eigenvalue weighted by molar-refractivity contribution is 6.02. The predicted octanol–water partition coefficient (Wildman–Crippen LogP) is 1.26. The molecule has 22 heavy (non-hydrogen) atoms. The molecule has 0 saturated heterocycles. The number of aromatic amines is 1. The third-order valence-corrected chi connectivity index (χ3v) is 3.06. The number of ether oxygens (including phenoxy) is 2. The maximum atomic E-state index is 12.1. The molecule has 0 aliphatic carbocycles. The Bertz CT molecular complexity index is 632. The zero-order valence-corrected chi connectivity index (χ0v) is 13.0. The molecule has 0 spiro atoms. The molecule has 8 heteroatoms. The van der Waals surface area contributed by atoms with E-state index in [4.69, 9.17) is 4.74 Å². The van der Waals surface area contributed by atoms with E-state index in [2.05, 4.69) is 9.72 Å². The number of rotatable bonds is 4. The second kappa shape index (κ2) is 6.88. The van der Waals surface area contributed by atoms with E-state index in [-0.39, 0.29) is 11.5 Å². The van der Waals surface area contributed by atoms with Crippen LogP contribution < -0.4 is 5.32 Å². The van der Waals surface area contributed by atoms with Crippen LogP contribution in [0.2, 0.25) is 0 Å². The summed E-state index contributed by atoms with van der Waals surface area (Å²) in [6.07, 6.45) is -2.14. The van der Waals surface area contributed by atoms with E-state index in [0.29, 0.717) is 16.8 Å². The lowest BCUT2D eigenvalue weighted by Gasteiger charge is -2.12. The lowest BCUT2D eigenvalue weighted by molar-refractivity contribution is -0.128. The van der Waals surface area contributed by atoms with Crippen LogP contribution in [0.25, 0.3) is 0 Å². The van der Waals surface area contributed by atoms with E-state index < -0.39 is 24.1 Å². The minimum absolute atomic E-state index is 0.0976. The van der Waals surface area contributed by atoms with E-state index in [0.717, 1.165) is 7.11 Å². The fraction of sp³-hybridized carbons (Fsp3) is 0.429. The molecule has 1 atom stereocenters. The maximum absolute atomic E-state index is 12.1. The van der Waals surface area contributed by atoms with Crippen molar-refractivity contribution in [1.29, 1.82) is 0 Å². The summed E-state index contributed by atoms with van der Waals surface area (Å²) in [5, 5.41) is 1.89.